The molecule has 112 valence electrons. The van der Waals surface area contributed by atoms with Crippen molar-refractivity contribution in [1.82, 2.24) is 4.90 Å². The van der Waals surface area contributed by atoms with Crippen LogP contribution in [0.1, 0.15) is 42.1 Å². The molecule has 1 amide bonds. The predicted octanol–water partition coefficient (Wildman–Crippen LogP) is 2.94. The number of carboxylic acids is 1. The predicted molar refractivity (Wildman–Crippen MR) is 77.4 cm³/mol. The van der Waals surface area contributed by atoms with Crippen molar-refractivity contribution in [2.24, 2.45) is 0 Å². The summed E-state index contributed by atoms with van der Waals surface area (Å²) in [5, 5.41) is 8.55. The summed E-state index contributed by atoms with van der Waals surface area (Å²) in [5.74, 6) is -2.00. The van der Waals surface area contributed by atoms with E-state index in [1.165, 1.54) is 18.2 Å². The topological polar surface area (TPSA) is 57.6 Å². The standard InChI is InChI=1S/C16H18FNO3/c1-2-12-4-3-9-18(12)16(21)13-7-5-11(10-14(13)17)6-8-15(19)20/h5-8,10,12H,2-4,9H2,1H3,(H,19,20). The second kappa shape index (κ2) is 6.52. The van der Waals surface area contributed by atoms with Crippen LogP contribution in [0.3, 0.4) is 0 Å². The van der Waals surface area contributed by atoms with Gasteiger partial charge in [0.05, 0.1) is 5.56 Å². The number of carboxylic acid groups (broad SMARTS) is 1. The molecule has 1 aromatic rings. The van der Waals surface area contributed by atoms with Crippen molar-refractivity contribution in [3.63, 3.8) is 0 Å². The van der Waals surface area contributed by atoms with Gasteiger partial charge < -0.3 is 10.0 Å². The summed E-state index contributed by atoms with van der Waals surface area (Å²) in [6.45, 7) is 2.68. The first-order chi connectivity index (χ1) is 10.0. The number of halogens is 1. The number of aliphatic carboxylic acids is 1. The molecule has 0 saturated carbocycles. The highest BCUT2D eigenvalue weighted by molar-refractivity contribution is 5.95. The number of hydrogen-bond acceptors (Lipinski definition) is 2. The molecule has 1 saturated heterocycles. The van der Waals surface area contributed by atoms with Gasteiger partial charge in [0.25, 0.3) is 5.91 Å². The molecule has 0 aromatic heterocycles. The minimum atomic E-state index is -1.10. The second-order valence-electron chi connectivity index (χ2n) is 5.11. The molecule has 1 N–H and O–H groups in total. The minimum Gasteiger partial charge on any atom is -0.478 e. The molecular formula is C16H18FNO3. The summed E-state index contributed by atoms with van der Waals surface area (Å²) in [4.78, 5) is 24.6. The van der Waals surface area contributed by atoms with Gasteiger partial charge in [0.15, 0.2) is 0 Å². The van der Waals surface area contributed by atoms with E-state index in [1.807, 2.05) is 6.92 Å². The fraction of sp³-hybridized carbons (Fsp3) is 0.375. The number of amides is 1. The van der Waals surface area contributed by atoms with Crippen molar-refractivity contribution in [2.45, 2.75) is 32.2 Å². The Bertz CT molecular complexity index is 583. The minimum absolute atomic E-state index is 0.0443. The van der Waals surface area contributed by atoms with Gasteiger partial charge in [-0.25, -0.2) is 9.18 Å². The summed E-state index contributed by atoms with van der Waals surface area (Å²) in [6, 6.07) is 4.34. The van der Waals surface area contributed by atoms with Gasteiger partial charge in [0.1, 0.15) is 5.82 Å². The number of hydrogen-bond donors (Lipinski definition) is 1. The van der Waals surface area contributed by atoms with Crippen molar-refractivity contribution >= 4 is 18.0 Å². The van der Waals surface area contributed by atoms with Crippen LogP contribution in [0.25, 0.3) is 6.08 Å². The fourth-order valence-corrected chi connectivity index (χ4v) is 2.66. The molecule has 1 fully saturated rings. The van der Waals surface area contributed by atoms with E-state index < -0.39 is 11.8 Å². The molecular weight excluding hydrogens is 273 g/mol. The van der Waals surface area contributed by atoms with Crippen LogP contribution in [0, 0.1) is 5.82 Å². The Morgan fingerprint density at radius 3 is 2.86 bits per heavy atom. The lowest BCUT2D eigenvalue weighted by atomic mass is 10.1. The molecule has 4 nitrogen and oxygen atoms in total. The van der Waals surface area contributed by atoms with E-state index in [4.69, 9.17) is 5.11 Å². The highest BCUT2D eigenvalue weighted by Crippen LogP contribution is 2.23. The van der Waals surface area contributed by atoms with E-state index in [9.17, 15) is 14.0 Å². The molecule has 1 unspecified atom stereocenters. The molecule has 1 heterocycles. The third-order valence-electron chi connectivity index (χ3n) is 3.75. The molecule has 0 aliphatic carbocycles. The Morgan fingerprint density at radius 2 is 2.24 bits per heavy atom. The van der Waals surface area contributed by atoms with Crippen LogP contribution < -0.4 is 0 Å². The van der Waals surface area contributed by atoms with E-state index >= 15 is 0 Å². The van der Waals surface area contributed by atoms with E-state index in [-0.39, 0.29) is 17.5 Å². The second-order valence-corrected chi connectivity index (χ2v) is 5.11. The average Bonchev–Trinajstić information content (AvgIpc) is 2.93. The quantitative estimate of drug-likeness (QED) is 0.868. The third kappa shape index (κ3) is 3.48. The maximum atomic E-state index is 14.1. The van der Waals surface area contributed by atoms with Gasteiger partial charge in [0.2, 0.25) is 0 Å². The highest BCUT2D eigenvalue weighted by Gasteiger charge is 2.29. The van der Waals surface area contributed by atoms with Crippen LogP contribution in [0.15, 0.2) is 24.3 Å². The Balaban J connectivity index is 2.20. The highest BCUT2D eigenvalue weighted by atomic mass is 19.1. The van der Waals surface area contributed by atoms with Crippen molar-refractivity contribution < 1.29 is 19.1 Å². The smallest absolute Gasteiger partial charge is 0.328 e. The third-order valence-corrected chi connectivity index (χ3v) is 3.75. The van der Waals surface area contributed by atoms with Gasteiger partial charge in [-0.05, 0) is 43.0 Å². The summed E-state index contributed by atoms with van der Waals surface area (Å²) < 4.78 is 14.1. The van der Waals surface area contributed by atoms with Crippen molar-refractivity contribution in [1.29, 1.82) is 0 Å². The fourth-order valence-electron chi connectivity index (χ4n) is 2.66. The number of nitrogens with zero attached hydrogens (tertiary/aromatic N) is 1. The Labute approximate surface area is 122 Å². The van der Waals surface area contributed by atoms with Gasteiger partial charge in [-0.3, -0.25) is 4.79 Å². The SMILES string of the molecule is CCC1CCCN1C(=O)c1ccc(C=CC(=O)O)cc1F. The zero-order chi connectivity index (χ0) is 15.4. The molecule has 5 heteroatoms. The Kier molecular flexibility index (Phi) is 4.73. The van der Waals surface area contributed by atoms with Crippen LogP contribution in [0.2, 0.25) is 0 Å². The number of likely N-dealkylation sites (tertiary alicyclic amines) is 1. The van der Waals surface area contributed by atoms with Crippen molar-refractivity contribution in [3.8, 4) is 0 Å². The molecule has 0 spiro atoms. The number of carbonyl (C=O) groups is 2. The van der Waals surface area contributed by atoms with Gasteiger partial charge in [-0.1, -0.05) is 13.0 Å². The molecule has 1 aliphatic heterocycles. The number of rotatable bonds is 4. The molecule has 2 rings (SSSR count). The van der Waals surface area contributed by atoms with Crippen LogP contribution >= 0.6 is 0 Å². The maximum Gasteiger partial charge on any atom is 0.328 e. The van der Waals surface area contributed by atoms with Crippen molar-refractivity contribution in [3.05, 3.63) is 41.2 Å². The van der Waals surface area contributed by atoms with Crippen LogP contribution in [-0.4, -0.2) is 34.5 Å². The van der Waals surface area contributed by atoms with E-state index in [0.29, 0.717) is 12.1 Å². The summed E-state index contributed by atoms with van der Waals surface area (Å²) in [5.41, 5.74) is 0.461. The average molecular weight is 291 g/mol. The molecule has 21 heavy (non-hydrogen) atoms. The van der Waals surface area contributed by atoms with E-state index in [1.54, 1.807) is 11.0 Å². The molecule has 1 aromatic carbocycles. The van der Waals surface area contributed by atoms with Crippen molar-refractivity contribution in [2.75, 3.05) is 6.54 Å². The van der Waals surface area contributed by atoms with Crippen LogP contribution in [0.5, 0.6) is 0 Å². The van der Waals surface area contributed by atoms with Gasteiger partial charge >= 0.3 is 5.97 Å². The molecule has 1 aliphatic rings. The van der Waals surface area contributed by atoms with Crippen LogP contribution in [0.4, 0.5) is 4.39 Å². The lowest BCUT2D eigenvalue weighted by Gasteiger charge is -2.23. The number of carbonyl (C=O) groups excluding carboxylic acids is 1. The van der Waals surface area contributed by atoms with E-state index in [2.05, 4.69) is 0 Å². The summed E-state index contributed by atoms with van der Waals surface area (Å²) in [6.07, 6.45) is 5.01. The Hall–Kier alpha value is -2.17. The summed E-state index contributed by atoms with van der Waals surface area (Å²) in [7, 11) is 0. The molecule has 0 radical (unpaired) electrons. The van der Waals surface area contributed by atoms with Gasteiger partial charge in [0, 0.05) is 18.7 Å². The summed E-state index contributed by atoms with van der Waals surface area (Å²) >= 11 is 0. The van der Waals surface area contributed by atoms with E-state index in [0.717, 1.165) is 25.3 Å². The largest absolute Gasteiger partial charge is 0.478 e. The van der Waals surface area contributed by atoms with Gasteiger partial charge in [-0.15, -0.1) is 0 Å². The van der Waals surface area contributed by atoms with Gasteiger partial charge in [-0.2, -0.15) is 0 Å². The molecule has 1 atom stereocenters. The first-order valence-corrected chi connectivity index (χ1v) is 7.04. The molecule has 0 bridgehead atoms. The monoisotopic (exact) mass is 291 g/mol. The first-order valence-electron chi connectivity index (χ1n) is 7.04. The number of benzene rings is 1. The zero-order valence-corrected chi connectivity index (χ0v) is 11.9. The normalized spacial score (nSPS) is 18.4. The maximum absolute atomic E-state index is 14.1. The lowest BCUT2D eigenvalue weighted by Crippen LogP contribution is -2.35. The zero-order valence-electron chi connectivity index (χ0n) is 11.9. The Morgan fingerprint density at radius 1 is 1.48 bits per heavy atom. The van der Waals surface area contributed by atoms with Crippen LogP contribution in [-0.2, 0) is 4.79 Å². The lowest BCUT2D eigenvalue weighted by molar-refractivity contribution is -0.131. The first kappa shape index (κ1) is 15.2.